The van der Waals surface area contributed by atoms with Crippen LogP contribution < -0.4 is 4.90 Å². The topological polar surface area (TPSA) is 59.7 Å². The summed E-state index contributed by atoms with van der Waals surface area (Å²) in [6, 6.07) is 0. The van der Waals surface area contributed by atoms with Crippen LogP contribution in [0, 0.1) is 13.8 Å². The molecule has 1 atom stereocenters. The fourth-order valence-electron chi connectivity index (χ4n) is 3.45. The Morgan fingerprint density at radius 3 is 2.91 bits per heavy atom. The van der Waals surface area contributed by atoms with E-state index in [1.165, 1.54) is 15.8 Å². The fourth-order valence-corrected chi connectivity index (χ4v) is 4.44. The molecule has 3 aromatic rings. The van der Waals surface area contributed by atoms with Crippen LogP contribution in [0.1, 0.15) is 35.0 Å². The summed E-state index contributed by atoms with van der Waals surface area (Å²) in [4.78, 5) is 13.9. The lowest BCUT2D eigenvalue weighted by molar-refractivity contribution is 0.478. The van der Waals surface area contributed by atoms with Gasteiger partial charge in [0.25, 0.3) is 0 Å². The summed E-state index contributed by atoms with van der Waals surface area (Å²) in [5, 5.41) is 9.56. The molecule has 1 saturated heterocycles. The third kappa shape index (κ3) is 2.39. The molecule has 7 heteroatoms. The van der Waals surface area contributed by atoms with Crippen molar-refractivity contribution in [1.29, 1.82) is 0 Å². The second-order valence-corrected chi connectivity index (χ2v) is 7.45. The van der Waals surface area contributed by atoms with Crippen LogP contribution in [0.4, 0.5) is 5.82 Å². The predicted octanol–water partition coefficient (Wildman–Crippen LogP) is 2.82. The predicted molar refractivity (Wildman–Crippen MR) is 92.1 cm³/mol. The first-order chi connectivity index (χ1) is 11.1. The first-order valence-corrected chi connectivity index (χ1v) is 8.76. The van der Waals surface area contributed by atoms with Gasteiger partial charge in [0.2, 0.25) is 0 Å². The zero-order chi connectivity index (χ0) is 16.0. The summed E-state index contributed by atoms with van der Waals surface area (Å²) in [6.07, 6.45) is 5.77. The number of hydrogen-bond donors (Lipinski definition) is 0. The molecule has 0 aliphatic carbocycles. The van der Waals surface area contributed by atoms with Gasteiger partial charge in [0.1, 0.15) is 29.1 Å². The number of piperidine rings is 1. The number of rotatable bonds is 2. The van der Waals surface area contributed by atoms with Gasteiger partial charge in [-0.05, 0) is 32.3 Å². The van der Waals surface area contributed by atoms with Gasteiger partial charge in [-0.15, -0.1) is 21.5 Å². The van der Waals surface area contributed by atoms with E-state index < -0.39 is 0 Å². The number of aryl methyl sites for hydroxylation is 3. The Morgan fingerprint density at radius 2 is 2.13 bits per heavy atom. The maximum Gasteiger partial charge on any atom is 0.141 e. The average molecular weight is 328 g/mol. The van der Waals surface area contributed by atoms with Crippen LogP contribution in [0.5, 0.6) is 0 Å². The molecule has 1 aliphatic rings. The molecule has 0 N–H and O–H groups in total. The molecule has 6 nitrogen and oxygen atoms in total. The van der Waals surface area contributed by atoms with Crippen molar-refractivity contribution in [3.8, 4) is 0 Å². The molecule has 0 spiro atoms. The van der Waals surface area contributed by atoms with Gasteiger partial charge in [0.15, 0.2) is 0 Å². The van der Waals surface area contributed by atoms with E-state index >= 15 is 0 Å². The summed E-state index contributed by atoms with van der Waals surface area (Å²) in [7, 11) is 2.02. The van der Waals surface area contributed by atoms with Crippen molar-refractivity contribution in [3.05, 3.63) is 28.9 Å². The number of anilines is 1. The average Bonchev–Trinajstić information content (AvgIpc) is 3.11. The number of thiophene rings is 1. The SMILES string of the molecule is Cc1sc2ncnc(N3CCC[C@@H](c4nncn4C)C3)c2c1C. The smallest absolute Gasteiger partial charge is 0.141 e. The van der Waals surface area contributed by atoms with Gasteiger partial charge in [-0.1, -0.05) is 0 Å². The molecule has 0 radical (unpaired) electrons. The maximum absolute atomic E-state index is 4.62. The van der Waals surface area contributed by atoms with Crippen LogP contribution in [0.25, 0.3) is 10.2 Å². The molecule has 1 fully saturated rings. The van der Waals surface area contributed by atoms with Crippen molar-refractivity contribution >= 4 is 27.4 Å². The summed E-state index contributed by atoms with van der Waals surface area (Å²) in [6.45, 7) is 6.30. The molecule has 23 heavy (non-hydrogen) atoms. The van der Waals surface area contributed by atoms with Crippen LogP contribution in [0.15, 0.2) is 12.7 Å². The zero-order valence-corrected chi connectivity index (χ0v) is 14.5. The van der Waals surface area contributed by atoms with E-state index in [-0.39, 0.29) is 0 Å². The highest BCUT2D eigenvalue weighted by molar-refractivity contribution is 7.18. The highest BCUT2D eigenvalue weighted by Crippen LogP contribution is 2.36. The van der Waals surface area contributed by atoms with Crippen LogP contribution in [-0.2, 0) is 7.05 Å². The van der Waals surface area contributed by atoms with Gasteiger partial charge >= 0.3 is 0 Å². The molecule has 0 saturated carbocycles. The Hall–Kier alpha value is -2.02. The van der Waals surface area contributed by atoms with Crippen molar-refractivity contribution in [2.45, 2.75) is 32.6 Å². The minimum absolute atomic E-state index is 0.404. The molecular weight excluding hydrogens is 308 g/mol. The molecule has 0 bridgehead atoms. The molecular formula is C16H20N6S. The van der Waals surface area contributed by atoms with Gasteiger partial charge < -0.3 is 9.47 Å². The molecule has 4 heterocycles. The number of nitrogens with zero attached hydrogens (tertiary/aromatic N) is 6. The normalized spacial score (nSPS) is 18.7. The largest absolute Gasteiger partial charge is 0.355 e. The van der Waals surface area contributed by atoms with Crippen molar-refractivity contribution in [2.24, 2.45) is 7.05 Å². The Bertz CT molecular complexity index is 851. The summed E-state index contributed by atoms with van der Waals surface area (Å²) in [5.74, 6) is 2.54. The number of aromatic nitrogens is 5. The van der Waals surface area contributed by atoms with Crippen LogP contribution in [-0.4, -0.2) is 37.8 Å². The molecule has 0 unspecified atom stereocenters. The van der Waals surface area contributed by atoms with Crippen LogP contribution in [0.3, 0.4) is 0 Å². The van der Waals surface area contributed by atoms with E-state index in [1.807, 2.05) is 11.6 Å². The van der Waals surface area contributed by atoms with E-state index in [4.69, 9.17) is 0 Å². The lowest BCUT2D eigenvalue weighted by atomic mass is 9.97. The lowest BCUT2D eigenvalue weighted by Gasteiger charge is -2.33. The summed E-state index contributed by atoms with van der Waals surface area (Å²) in [5.41, 5.74) is 1.31. The Morgan fingerprint density at radius 1 is 1.26 bits per heavy atom. The first kappa shape index (κ1) is 14.6. The van der Waals surface area contributed by atoms with Crippen LogP contribution in [0.2, 0.25) is 0 Å². The molecule has 0 amide bonds. The second-order valence-electron chi connectivity index (χ2n) is 6.25. The van der Waals surface area contributed by atoms with Crippen molar-refractivity contribution in [2.75, 3.05) is 18.0 Å². The Balaban J connectivity index is 1.72. The van der Waals surface area contributed by atoms with E-state index in [9.17, 15) is 0 Å². The molecule has 3 aromatic heterocycles. The molecule has 120 valence electrons. The zero-order valence-electron chi connectivity index (χ0n) is 13.7. The second kappa shape index (κ2) is 5.56. The fraction of sp³-hybridized carbons (Fsp3) is 0.500. The van der Waals surface area contributed by atoms with E-state index in [0.29, 0.717) is 5.92 Å². The number of hydrogen-bond acceptors (Lipinski definition) is 6. The van der Waals surface area contributed by atoms with Gasteiger partial charge in [0.05, 0.1) is 5.39 Å². The van der Waals surface area contributed by atoms with Crippen LogP contribution >= 0.6 is 11.3 Å². The molecule has 0 aromatic carbocycles. The Kier molecular flexibility index (Phi) is 3.52. The quantitative estimate of drug-likeness (QED) is 0.724. The molecule has 4 rings (SSSR count). The highest BCUT2D eigenvalue weighted by Gasteiger charge is 2.27. The highest BCUT2D eigenvalue weighted by atomic mass is 32.1. The van der Waals surface area contributed by atoms with Gasteiger partial charge in [-0.3, -0.25) is 0 Å². The molecule has 1 aliphatic heterocycles. The minimum Gasteiger partial charge on any atom is -0.355 e. The third-order valence-corrected chi connectivity index (χ3v) is 5.89. The summed E-state index contributed by atoms with van der Waals surface area (Å²) < 4.78 is 2.03. The van der Waals surface area contributed by atoms with Crippen molar-refractivity contribution in [1.82, 2.24) is 24.7 Å². The minimum atomic E-state index is 0.404. The van der Waals surface area contributed by atoms with E-state index in [2.05, 4.69) is 38.9 Å². The standard InChI is InChI=1S/C16H20N6S/c1-10-11(2)23-16-13(10)15(17-8-18-16)22-6-4-5-12(7-22)14-20-19-9-21(14)3/h8-9,12H,4-7H2,1-3H3/t12-/m1/s1. The summed E-state index contributed by atoms with van der Waals surface area (Å²) >= 11 is 1.75. The van der Waals surface area contributed by atoms with Crippen molar-refractivity contribution < 1.29 is 0 Å². The van der Waals surface area contributed by atoms with E-state index in [0.717, 1.165) is 42.4 Å². The monoisotopic (exact) mass is 328 g/mol. The first-order valence-electron chi connectivity index (χ1n) is 7.94. The Labute approximate surface area is 139 Å². The third-order valence-electron chi connectivity index (χ3n) is 4.78. The van der Waals surface area contributed by atoms with Gasteiger partial charge in [-0.25, -0.2) is 9.97 Å². The van der Waals surface area contributed by atoms with Gasteiger partial charge in [0, 0.05) is 30.9 Å². The number of fused-ring (bicyclic) bond motifs is 1. The van der Waals surface area contributed by atoms with Crippen molar-refractivity contribution in [3.63, 3.8) is 0 Å². The van der Waals surface area contributed by atoms with E-state index in [1.54, 1.807) is 24.0 Å². The van der Waals surface area contributed by atoms with Gasteiger partial charge in [-0.2, -0.15) is 0 Å². The lowest BCUT2D eigenvalue weighted by Crippen LogP contribution is -2.36. The maximum atomic E-state index is 4.62.